The topological polar surface area (TPSA) is 66.3 Å². The zero-order chi connectivity index (χ0) is 18.6. The van der Waals surface area contributed by atoms with Crippen LogP contribution in [0.15, 0.2) is 42.6 Å². The largest absolute Gasteiger partial charge is 0.378 e. The number of nitrogens with one attached hydrogen (secondary N) is 2. The van der Waals surface area contributed by atoms with Crippen molar-refractivity contribution >= 4 is 11.7 Å². The van der Waals surface area contributed by atoms with Crippen LogP contribution >= 0.6 is 0 Å². The van der Waals surface area contributed by atoms with Gasteiger partial charge in [-0.1, -0.05) is 69.5 Å². The summed E-state index contributed by atoms with van der Waals surface area (Å²) in [6.07, 6.45) is 7.25. The highest BCUT2D eigenvalue weighted by molar-refractivity contribution is 6.17. The number of carbonyl (C=O) groups excluding carboxylic acids is 1. The van der Waals surface area contributed by atoms with Crippen molar-refractivity contribution in [1.29, 1.82) is 0 Å². The molecule has 0 bridgehead atoms. The summed E-state index contributed by atoms with van der Waals surface area (Å²) >= 11 is 0. The molecule has 26 heavy (non-hydrogen) atoms. The Labute approximate surface area is 155 Å². The van der Waals surface area contributed by atoms with E-state index in [-0.39, 0.29) is 11.9 Å². The molecule has 5 heteroatoms. The Hall–Kier alpha value is -2.14. The van der Waals surface area contributed by atoms with E-state index in [1.54, 1.807) is 0 Å². The number of carbonyl (C=O) groups is 1. The third kappa shape index (κ3) is 3.83. The van der Waals surface area contributed by atoms with Gasteiger partial charge in [-0.3, -0.25) is 4.99 Å². The number of hydrogen-bond donors (Lipinski definition) is 3. The lowest BCUT2D eigenvalue weighted by molar-refractivity contribution is -0.476. The summed E-state index contributed by atoms with van der Waals surface area (Å²) < 4.78 is 0. The van der Waals surface area contributed by atoms with Crippen LogP contribution in [0.1, 0.15) is 57.4 Å². The van der Waals surface area contributed by atoms with Gasteiger partial charge in [-0.15, -0.1) is 0 Å². The van der Waals surface area contributed by atoms with Crippen molar-refractivity contribution in [3.05, 3.63) is 48.2 Å². The fraction of sp³-hybridized carbons (Fsp3) is 0.524. The van der Waals surface area contributed by atoms with Crippen molar-refractivity contribution in [2.24, 2.45) is 0 Å². The van der Waals surface area contributed by atoms with Gasteiger partial charge < -0.3 is 10.4 Å². The number of unbranched alkanes of at least 4 members (excludes halogenated alkanes) is 4. The van der Waals surface area contributed by atoms with Gasteiger partial charge in [0.05, 0.1) is 6.42 Å². The Balaban J connectivity index is 1.53. The maximum absolute atomic E-state index is 12.2. The second-order valence-corrected chi connectivity index (χ2v) is 7.31. The van der Waals surface area contributed by atoms with Crippen molar-refractivity contribution in [1.82, 2.24) is 10.2 Å². The number of amidine groups is 1. The Morgan fingerprint density at radius 1 is 1.31 bits per heavy atom. The van der Waals surface area contributed by atoms with E-state index < -0.39 is 5.72 Å². The number of nitrogens with zero attached hydrogens (tertiary/aromatic N) is 1. The third-order valence-corrected chi connectivity index (χ3v) is 5.24. The molecular formula is C21H30N3O2+. The molecule has 140 valence electrons. The first kappa shape index (κ1) is 18.6. The molecule has 5 nitrogen and oxygen atoms in total. The van der Waals surface area contributed by atoms with Gasteiger partial charge in [0.25, 0.3) is 0 Å². The van der Waals surface area contributed by atoms with Crippen molar-refractivity contribution in [3.8, 4) is 0 Å². The Morgan fingerprint density at radius 2 is 2.04 bits per heavy atom. The highest BCUT2D eigenvalue weighted by atomic mass is 16.3. The number of allylic oxidation sites excluding steroid dienone is 1. The summed E-state index contributed by atoms with van der Waals surface area (Å²) in [5.74, 6) is 0.558. The number of amides is 1. The smallest absolute Gasteiger partial charge is 0.337 e. The number of piperidine rings is 1. The van der Waals surface area contributed by atoms with Crippen molar-refractivity contribution in [2.45, 2.75) is 70.2 Å². The van der Waals surface area contributed by atoms with Crippen LogP contribution in [-0.4, -0.2) is 33.5 Å². The molecule has 0 aliphatic carbocycles. The number of hydrogen-bond acceptors (Lipinski definition) is 3. The van der Waals surface area contributed by atoms with Gasteiger partial charge in [0, 0.05) is 5.70 Å². The first-order chi connectivity index (χ1) is 12.6. The highest BCUT2D eigenvalue weighted by Gasteiger charge is 2.81. The molecule has 3 N–H and O–H groups in total. The van der Waals surface area contributed by atoms with Crippen LogP contribution in [0.3, 0.4) is 0 Å². The Bertz CT molecular complexity index is 686. The lowest BCUT2D eigenvalue weighted by Crippen LogP contribution is -2.71. The SMILES string of the molecule is C=C(CCCCCCC)N[C@H]1CC(=O)N2C(=[NH+]Cc3ccccc3)C12O. The maximum Gasteiger partial charge on any atom is 0.337 e. The summed E-state index contributed by atoms with van der Waals surface area (Å²) in [6.45, 7) is 6.88. The molecule has 2 fully saturated rings. The molecule has 1 amide bonds. The second kappa shape index (κ2) is 8.04. The fourth-order valence-corrected chi connectivity index (χ4v) is 3.70. The maximum atomic E-state index is 12.2. The monoisotopic (exact) mass is 356 g/mol. The summed E-state index contributed by atoms with van der Waals surface area (Å²) in [7, 11) is 0. The summed E-state index contributed by atoms with van der Waals surface area (Å²) in [4.78, 5) is 16.9. The molecule has 1 aromatic rings. The summed E-state index contributed by atoms with van der Waals surface area (Å²) in [5.41, 5.74) is 0.809. The predicted octanol–water partition coefficient (Wildman–Crippen LogP) is 1.43. The molecule has 2 aliphatic heterocycles. The molecule has 2 aliphatic rings. The van der Waals surface area contributed by atoms with E-state index >= 15 is 0 Å². The number of benzene rings is 1. The van der Waals surface area contributed by atoms with E-state index in [1.165, 1.54) is 30.6 Å². The van der Waals surface area contributed by atoms with Gasteiger partial charge >= 0.3 is 17.5 Å². The van der Waals surface area contributed by atoms with Crippen LogP contribution in [-0.2, 0) is 11.3 Å². The second-order valence-electron chi connectivity index (χ2n) is 7.31. The van der Waals surface area contributed by atoms with Crippen LogP contribution in [0.5, 0.6) is 0 Å². The predicted molar refractivity (Wildman–Crippen MR) is 102 cm³/mol. The highest BCUT2D eigenvalue weighted by Crippen LogP contribution is 2.42. The van der Waals surface area contributed by atoms with Gasteiger partial charge in [-0.2, -0.15) is 4.90 Å². The molecule has 2 heterocycles. The van der Waals surface area contributed by atoms with Crippen LogP contribution in [0.2, 0.25) is 0 Å². The lowest BCUT2D eigenvalue weighted by Gasteiger charge is -2.16. The summed E-state index contributed by atoms with van der Waals surface area (Å²) in [5, 5.41) is 14.2. The molecular weight excluding hydrogens is 326 g/mol. The first-order valence-electron chi connectivity index (χ1n) is 9.72. The molecule has 0 aromatic heterocycles. The number of rotatable bonds is 10. The zero-order valence-electron chi connectivity index (χ0n) is 15.6. The Kier molecular flexibility index (Phi) is 5.77. The van der Waals surface area contributed by atoms with E-state index in [2.05, 4.69) is 23.8 Å². The van der Waals surface area contributed by atoms with E-state index in [1.807, 2.05) is 30.3 Å². The van der Waals surface area contributed by atoms with E-state index in [0.29, 0.717) is 18.8 Å². The average Bonchev–Trinajstić information content (AvgIpc) is 3.17. The van der Waals surface area contributed by atoms with Crippen LogP contribution in [0.25, 0.3) is 0 Å². The van der Waals surface area contributed by atoms with E-state index in [0.717, 1.165) is 24.1 Å². The normalized spacial score (nSPS) is 25.5. The average molecular weight is 356 g/mol. The van der Waals surface area contributed by atoms with E-state index in [4.69, 9.17) is 0 Å². The molecule has 1 unspecified atom stereocenters. The minimum absolute atomic E-state index is 0.0451. The third-order valence-electron chi connectivity index (χ3n) is 5.24. The standard InChI is InChI=1S/C21H29N3O2/c1-3-4-5-6-8-11-16(2)23-18-14-19(25)24-20(21(18,24)26)22-15-17-12-9-7-10-13-17/h7,9-10,12-13,18,23,26H,2-6,8,11,14-15H2,1H3/p+1/t18-,21?,24?/m0/s1. The zero-order valence-corrected chi connectivity index (χ0v) is 15.6. The molecule has 0 radical (unpaired) electrons. The minimum atomic E-state index is -1.21. The van der Waals surface area contributed by atoms with Crippen molar-refractivity contribution < 1.29 is 14.9 Å². The van der Waals surface area contributed by atoms with Gasteiger partial charge in [-0.05, 0) is 18.4 Å². The van der Waals surface area contributed by atoms with Crippen LogP contribution < -0.4 is 10.3 Å². The lowest BCUT2D eigenvalue weighted by atomic mass is 10.1. The number of fused-ring (bicyclic) bond motifs is 1. The molecule has 1 aromatic carbocycles. The van der Waals surface area contributed by atoms with Crippen LogP contribution in [0.4, 0.5) is 0 Å². The molecule has 0 spiro atoms. The minimum Gasteiger partial charge on any atom is -0.378 e. The van der Waals surface area contributed by atoms with E-state index in [9.17, 15) is 9.90 Å². The Morgan fingerprint density at radius 3 is 2.77 bits per heavy atom. The quantitative estimate of drug-likeness (QED) is 0.439. The van der Waals surface area contributed by atoms with Gasteiger partial charge in [0.1, 0.15) is 12.6 Å². The molecule has 3 rings (SSSR count). The number of aliphatic hydroxyl groups is 1. The van der Waals surface area contributed by atoms with Gasteiger partial charge in [0.2, 0.25) is 0 Å². The summed E-state index contributed by atoms with van der Waals surface area (Å²) in [6, 6.07) is 9.63. The molecule has 0 saturated carbocycles. The van der Waals surface area contributed by atoms with Crippen molar-refractivity contribution in [2.75, 3.05) is 0 Å². The fourth-order valence-electron chi connectivity index (χ4n) is 3.70. The van der Waals surface area contributed by atoms with Gasteiger partial charge in [-0.25, -0.2) is 4.79 Å². The molecule has 2 saturated heterocycles. The van der Waals surface area contributed by atoms with Crippen LogP contribution in [0, 0.1) is 0 Å². The van der Waals surface area contributed by atoms with Gasteiger partial charge in [0.15, 0.2) is 0 Å². The first-order valence-corrected chi connectivity index (χ1v) is 9.72. The van der Waals surface area contributed by atoms with Crippen molar-refractivity contribution in [3.63, 3.8) is 0 Å². The molecule has 2 atom stereocenters.